The summed E-state index contributed by atoms with van der Waals surface area (Å²) in [5, 5.41) is 22.1. The molecule has 0 atom stereocenters. The van der Waals surface area contributed by atoms with Crippen molar-refractivity contribution in [3.8, 4) is 96.1 Å². The minimum Gasteiger partial charge on any atom is -0.309 e. The number of nitrogens with zero attached hydrogens (tertiary/aromatic N) is 7. The highest BCUT2D eigenvalue weighted by molar-refractivity contribution is 6.25. The Labute approximate surface area is 539 Å². The van der Waals surface area contributed by atoms with Gasteiger partial charge in [0, 0.05) is 88.1 Å². The Bertz CT molecular complexity index is 6190. The third-order valence-corrected chi connectivity index (χ3v) is 19.7. The highest BCUT2D eigenvalue weighted by Crippen LogP contribution is 2.52. The Morgan fingerprint density at radius 1 is 0.255 bits per heavy atom. The monoisotopic (exact) mass is 1190 g/mol. The van der Waals surface area contributed by atoms with Crippen molar-refractivity contribution < 1.29 is 0 Å². The maximum atomic E-state index is 10.4. The molecule has 0 amide bonds. The zero-order valence-electron chi connectivity index (χ0n) is 50.6. The van der Waals surface area contributed by atoms with E-state index in [1.807, 2.05) is 18.2 Å². The average molecular weight is 1190 g/mol. The summed E-state index contributed by atoms with van der Waals surface area (Å²) < 4.78 is 9.72. The van der Waals surface area contributed by atoms with E-state index in [2.05, 4.69) is 316 Å². The highest BCUT2D eigenvalue weighted by Gasteiger charge is 2.30. The Morgan fingerprint density at radius 3 is 1.06 bits per heavy atom. The van der Waals surface area contributed by atoms with Crippen molar-refractivity contribution in [2.45, 2.75) is 0 Å². The number of benzene rings is 14. The Morgan fingerprint density at radius 2 is 0.617 bits per heavy atom. The predicted octanol–water partition coefficient (Wildman–Crippen LogP) is 22.2. The van der Waals surface area contributed by atoms with Gasteiger partial charge in [0.05, 0.1) is 67.2 Å². The molecule has 7 heteroatoms. The summed E-state index contributed by atoms with van der Waals surface area (Å²) in [6, 6.07) is 114. The molecule has 0 fully saturated rings. The maximum absolute atomic E-state index is 10.4. The fourth-order valence-corrected chi connectivity index (χ4v) is 16.0. The van der Waals surface area contributed by atoms with E-state index in [0.29, 0.717) is 11.4 Å². The van der Waals surface area contributed by atoms with E-state index in [9.17, 15) is 5.26 Å². The lowest BCUT2D eigenvalue weighted by atomic mass is 9.95. The summed E-state index contributed by atoms with van der Waals surface area (Å²) in [6.45, 7) is 0. The van der Waals surface area contributed by atoms with E-state index in [1.165, 1.54) is 32.7 Å². The van der Waals surface area contributed by atoms with Gasteiger partial charge in [-0.1, -0.05) is 206 Å². The molecular weight excluding hydrogens is 1140 g/mol. The molecule has 0 saturated heterocycles. The van der Waals surface area contributed by atoms with Crippen LogP contribution in [0.3, 0.4) is 0 Å². The topological polar surface area (TPSA) is 69.3 Å². The normalized spacial score (nSPS) is 12.0. The van der Waals surface area contributed by atoms with E-state index < -0.39 is 0 Å². The fourth-order valence-electron chi connectivity index (χ4n) is 16.0. The molecule has 0 aliphatic heterocycles. The summed E-state index contributed by atoms with van der Waals surface area (Å²) in [5.41, 5.74) is 24.8. The minimum atomic E-state index is 0.567. The molecule has 0 saturated carbocycles. The third kappa shape index (κ3) is 7.42. The van der Waals surface area contributed by atoms with Crippen molar-refractivity contribution in [2.24, 2.45) is 0 Å². The Kier molecular flexibility index (Phi) is 11.1. The summed E-state index contributed by atoms with van der Waals surface area (Å²) in [5.74, 6) is 0.579. The lowest BCUT2D eigenvalue weighted by molar-refractivity contribution is 1.12. The highest BCUT2D eigenvalue weighted by atomic mass is 15.0. The molecule has 5 heterocycles. The van der Waals surface area contributed by atoms with Crippen molar-refractivity contribution in [1.82, 2.24) is 28.2 Å². The van der Waals surface area contributed by atoms with Crippen molar-refractivity contribution in [1.29, 1.82) is 5.26 Å². The molecule has 5 aromatic heterocycles. The molecule has 7 nitrogen and oxygen atoms in total. The molecule has 1 aliphatic carbocycles. The van der Waals surface area contributed by atoms with Gasteiger partial charge in [-0.05, 0) is 142 Å². The standard InChI is InChI=1S/C87H51N7/c88-52-53-22-15-25-55(48-53)85-84-69-38-16-23-54-24-17-39-70(79(54)69)86(84)90-87(89-85)56-49-59(93-73-42-13-9-32-67(73)82-63(36-20-46-77(82)93)61-34-18-44-75-80(61)65-30-7-11-40-71(65)91(75)57-26-3-1-4-27-57)51-60(50-56)94-74-43-14-10-33-68(74)83-64(37-21-47-78(83)94)62-35-19-45-76-81(62)66-31-8-12-41-72(66)92(76)58-28-5-2-6-29-58/h1-51H. The zero-order chi connectivity index (χ0) is 61.7. The van der Waals surface area contributed by atoms with Crippen LogP contribution < -0.4 is 0 Å². The molecule has 14 aromatic carbocycles. The van der Waals surface area contributed by atoms with Crippen LogP contribution in [0.4, 0.5) is 0 Å². The minimum absolute atomic E-state index is 0.567. The lowest BCUT2D eigenvalue weighted by Crippen LogP contribution is -2.03. The number of aromatic nitrogens is 6. The molecule has 0 unspecified atom stereocenters. The molecular formula is C87H51N7. The van der Waals surface area contributed by atoms with Crippen LogP contribution >= 0.6 is 0 Å². The lowest BCUT2D eigenvalue weighted by Gasteiger charge is -2.17. The van der Waals surface area contributed by atoms with Crippen LogP contribution in [0.25, 0.3) is 188 Å². The van der Waals surface area contributed by atoms with Gasteiger partial charge in [0.15, 0.2) is 5.82 Å². The third-order valence-electron chi connectivity index (χ3n) is 19.7. The Balaban J connectivity index is 0.879. The first-order valence-electron chi connectivity index (χ1n) is 31.9. The second-order valence-electron chi connectivity index (χ2n) is 24.6. The largest absolute Gasteiger partial charge is 0.309 e. The number of hydrogen-bond donors (Lipinski definition) is 0. The van der Waals surface area contributed by atoms with Crippen LogP contribution in [0, 0.1) is 11.3 Å². The van der Waals surface area contributed by atoms with E-state index in [4.69, 9.17) is 9.97 Å². The first-order valence-corrected chi connectivity index (χ1v) is 31.9. The van der Waals surface area contributed by atoms with Crippen LogP contribution in [-0.2, 0) is 0 Å². The van der Waals surface area contributed by atoms with Gasteiger partial charge in [-0.25, -0.2) is 9.97 Å². The van der Waals surface area contributed by atoms with Crippen LogP contribution in [0.15, 0.2) is 309 Å². The first-order chi connectivity index (χ1) is 46.6. The van der Waals surface area contributed by atoms with Crippen LogP contribution in [-0.4, -0.2) is 28.2 Å². The van der Waals surface area contributed by atoms with Crippen molar-refractivity contribution >= 4 is 98.0 Å². The van der Waals surface area contributed by atoms with Crippen LogP contribution in [0.5, 0.6) is 0 Å². The van der Waals surface area contributed by atoms with Gasteiger partial charge in [-0.2, -0.15) is 5.26 Å². The molecule has 94 heavy (non-hydrogen) atoms. The molecule has 0 N–H and O–H groups in total. The van der Waals surface area contributed by atoms with Gasteiger partial charge >= 0.3 is 0 Å². The van der Waals surface area contributed by atoms with Gasteiger partial charge in [-0.3, -0.25) is 0 Å². The van der Waals surface area contributed by atoms with Gasteiger partial charge < -0.3 is 18.3 Å². The van der Waals surface area contributed by atoms with Gasteiger partial charge in [0.1, 0.15) is 0 Å². The number of fused-ring (bicyclic) bond motifs is 15. The van der Waals surface area contributed by atoms with E-state index in [-0.39, 0.29) is 0 Å². The summed E-state index contributed by atoms with van der Waals surface area (Å²) in [6.07, 6.45) is 0. The van der Waals surface area contributed by atoms with Crippen molar-refractivity contribution in [3.05, 3.63) is 315 Å². The number of nitriles is 1. The number of para-hydroxylation sites is 6. The molecule has 0 bridgehead atoms. The van der Waals surface area contributed by atoms with Gasteiger partial charge in [0.2, 0.25) is 0 Å². The summed E-state index contributed by atoms with van der Waals surface area (Å²) in [7, 11) is 0. The second-order valence-corrected chi connectivity index (χ2v) is 24.6. The van der Waals surface area contributed by atoms with Gasteiger partial charge in [0.25, 0.3) is 0 Å². The summed E-state index contributed by atoms with van der Waals surface area (Å²) in [4.78, 5) is 11.5. The van der Waals surface area contributed by atoms with Crippen molar-refractivity contribution in [3.63, 3.8) is 0 Å². The van der Waals surface area contributed by atoms with Crippen LogP contribution in [0.1, 0.15) is 5.56 Å². The fraction of sp³-hybridized carbons (Fsp3) is 0. The SMILES string of the molecule is N#Cc1cccc(-c2nc(-c3cc(-n4c5ccccc5c5c(-c6cccc7c6c6ccccc6n7-c6ccccc6)cccc54)cc(-n4c5ccccc5c5c(-c6cccc7c6c6ccccc6n7-c6ccccc6)cccc54)c3)nc3c2-c2cccc4cccc-3c24)c1. The first kappa shape index (κ1) is 51.9. The number of rotatable bonds is 8. The second kappa shape index (κ2) is 20.1. The van der Waals surface area contributed by atoms with E-state index >= 15 is 0 Å². The molecule has 19 aromatic rings. The number of hydrogen-bond acceptors (Lipinski definition) is 3. The van der Waals surface area contributed by atoms with E-state index in [1.54, 1.807) is 0 Å². The van der Waals surface area contributed by atoms with Gasteiger partial charge in [-0.15, -0.1) is 0 Å². The van der Waals surface area contributed by atoms with E-state index in [0.717, 1.165) is 150 Å². The Hall–Kier alpha value is -12.9. The maximum Gasteiger partial charge on any atom is 0.160 e. The average Bonchev–Trinajstić information content (AvgIpc) is 1.57. The zero-order valence-corrected chi connectivity index (χ0v) is 50.6. The summed E-state index contributed by atoms with van der Waals surface area (Å²) >= 11 is 0. The van der Waals surface area contributed by atoms with Crippen LogP contribution in [0.2, 0.25) is 0 Å². The molecule has 434 valence electrons. The smallest absolute Gasteiger partial charge is 0.160 e. The molecule has 1 aliphatic rings. The quantitative estimate of drug-likeness (QED) is 0.152. The molecule has 0 spiro atoms. The molecule has 0 radical (unpaired) electrons. The van der Waals surface area contributed by atoms with Crippen molar-refractivity contribution in [2.75, 3.05) is 0 Å². The molecule has 20 rings (SSSR count). The predicted molar refractivity (Wildman–Crippen MR) is 388 cm³/mol.